The van der Waals surface area contributed by atoms with Gasteiger partial charge in [0.1, 0.15) is 5.69 Å². The molecule has 1 heterocycles. The highest BCUT2D eigenvalue weighted by Crippen LogP contribution is 2.30. The number of hydrogen-bond donors (Lipinski definition) is 2. The van der Waals surface area contributed by atoms with Crippen LogP contribution in [0.4, 0.5) is 5.82 Å². The van der Waals surface area contributed by atoms with Gasteiger partial charge in [-0.3, -0.25) is 9.48 Å². The number of amides is 1. The Hall–Kier alpha value is -1.85. The van der Waals surface area contributed by atoms with Gasteiger partial charge in [-0.15, -0.1) is 0 Å². The van der Waals surface area contributed by atoms with Gasteiger partial charge in [-0.1, -0.05) is 12.8 Å². The van der Waals surface area contributed by atoms with Crippen LogP contribution in [-0.4, -0.2) is 26.8 Å². The molecule has 0 radical (unpaired) electrons. The largest absolute Gasteiger partial charge is 0.477 e. The van der Waals surface area contributed by atoms with Crippen molar-refractivity contribution in [3.05, 3.63) is 11.8 Å². The Labute approximate surface area is 98.6 Å². The Bertz CT molecular complexity index is 447. The van der Waals surface area contributed by atoms with Gasteiger partial charge in [-0.05, 0) is 12.8 Å². The minimum Gasteiger partial charge on any atom is -0.477 e. The maximum Gasteiger partial charge on any atom is 0.354 e. The lowest BCUT2D eigenvalue weighted by molar-refractivity contribution is -0.114. The minimum atomic E-state index is -1.01. The van der Waals surface area contributed by atoms with Crippen molar-refractivity contribution in [2.24, 2.45) is 0 Å². The average Bonchev–Trinajstić information content (AvgIpc) is 2.82. The smallest absolute Gasteiger partial charge is 0.354 e. The summed E-state index contributed by atoms with van der Waals surface area (Å²) in [5, 5.41) is 15.8. The van der Waals surface area contributed by atoms with E-state index in [1.165, 1.54) is 17.7 Å². The van der Waals surface area contributed by atoms with Gasteiger partial charge in [0.05, 0.1) is 6.04 Å². The van der Waals surface area contributed by atoms with Gasteiger partial charge in [0.25, 0.3) is 0 Å². The lowest BCUT2D eigenvalue weighted by atomic mass is 10.2. The normalized spacial score (nSPS) is 16.1. The summed E-state index contributed by atoms with van der Waals surface area (Å²) in [6.07, 6.45) is 4.08. The van der Waals surface area contributed by atoms with Crippen LogP contribution in [0.1, 0.15) is 49.1 Å². The number of carboxylic acid groups (broad SMARTS) is 1. The van der Waals surface area contributed by atoms with Crippen LogP contribution in [0.3, 0.4) is 0 Å². The lowest BCUT2D eigenvalue weighted by Crippen LogP contribution is -2.14. The Morgan fingerprint density at radius 3 is 2.65 bits per heavy atom. The molecular weight excluding hydrogens is 222 g/mol. The van der Waals surface area contributed by atoms with Gasteiger partial charge in [0, 0.05) is 13.0 Å². The number of carboxylic acids is 1. The number of anilines is 1. The maximum absolute atomic E-state index is 11.1. The predicted octanol–water partition coefficient (Wildman–Crippen LogP) is 1.65. The monoisotopic (exact) mass is 237 g/mol. The summed E-state index contributed by atoms with van der Waals surface area (Å²) in [5.74, 6) is -0.958. The molecular formula is C11H15N3O3. The third-order valence-corrected chi connectivity index (χ3v) is 2.93. The van der Waals surface area contributed by atoms with Crippen molar-refractivity contribution >= 4 is 17.7 Å². The summed E-state index contributed by atoms with van der Waals surface area (Å²) in [4.78, 5) is 22.0. The molecule has 1 saturated carbocycles. The molecule has 17 heavy (non-hydrogen) atoms. The zero-order valence-electron chi connectivity index (χ0n) is 9.64. The van der Waals surface area contributed by atoms with Crippen molar-refractivity contribution in [3.8, 4) is 0 Å². The van der Waals surface area contributed by atoms with Gasteiger partial charge in [-0.2, -0.15) is 5.10 Å². The number of nitrogens with zero attached hydrogens (tertiary/aromatic N) is 2. The zero-order valence-corrected chi connectivity index (χ0v) is 9.64. The Morgan fingerprint density at radius 1 is 1.47 bits per heavy atom. The molecule has 1 aromatic rings. The molecule has 92 valence electrons. The number of carbonyl (C=O) groups is 2. The molecule has 0 bridgehead atoms. The highest BCUT2D eigenvalue weighted by Gasteiger charge is 2.24. The molecule has 0 saturated heterocycles. The van der Waals surface area contributed by atoms with E-state index in [9.17, 15) is 9.59 Å². The third-order valence-electron chi connectivity index (χ3n) is 2.93. The van der Waals surface area contributed by atoms with Crippen LogP contribution in [0.5, 0.6) is 0 Å². The Morgan fingerprint density at radius 2 is 2.12 bits per heavy atom. The molecule has 0 aromatic carbocycles. The molecule has 0 spiro atoms. The second-order valence-electron chi connectivity index (χ2n) is 4.28. The molecule has 0 unspecified atom stereocenters. The molecule has 6 heteroatoms. The highest BCUT2D eigenvalue weighted by molar-refractivity contribution is 5.91. The SMILES string of the molecule is CC(=O)Nc1cc(C(=O)O)n(C2CCCC2)n1. The molecule has 1 amide bonds. The number of aromatic nitrogens is 2. The predicted molar refractivity (Wildman–Crippen MR) is 61.0 cm³/mol. The van der Waals surface area contributed by atoms with Crippen molar-refractivity contribution in [3.63, 3.8) is 0 Å². The van der Waals surface area contributed by atoms with Crippen molar-refractivity contribution in [1.29, 1.82) is 0 Å². The molecule has 1 aliphatic rings. The first-order valence-corrected chi connectivity index (χ1v) is 5.68. The van der Waals surface area contributed by atoms with Gasteiger partial charge >= 0.3 is 5.97 Å². The van der Waals surface area contributed by atoms with Crippen molar-refractivity contribution in [2.75, 3.05) is 5.32 Å². The van der Waals surface area contributed by atoms with Crippen LogP contribution in [0.15, 0.2) is 6.07 Å². The van der Waals surface area contributed by atoms with E-state index in [-0.39, 0.29) is 17.6 Å². The molecule has 1 fully saturated rings. The second-order valence-corrected chi connectivity index (χ2v) is 4.28. The van der Waals surface area contributed by atoms with Crippen molar-refractivity contribution in [1.82, 2.24) is 9.78 Å². The van der Waals surface area contributed by atoms with Crippen LogP contribution >= 0.6 is 0 Å². The first-order chi connectivity index (χ1) is 8.08. The summed E-state index contributed by atoms with van der Waals surface area (Å²) >= 11 is 0. The van der Waals surface area contributed by atoms with Crippen molar-refractivity contribution < 1.29 is 14.7 Å². The molecule has 1 aliphatic carbocycles. The van der Waals surface area contributed by atoms with Crippen LogP contribution in [0.2, 0.25) is 0 Å². The van der Waals surface area contributed by atoms with E-state index in [1.807, 2.05) is 0 Å². The van der Waals surface area contributed by atoms with Gasteiger partial charge < -0.3 is 10.4 Å². The lowest BCUT2D eigenvalue weighted by Gasteiger charge is -2.11. The van der Waals surface area contributed by atoms with Crippen molar-refractivity contribution in [2.45, 2.75) is 38.6 Å². The number of aromatic carboxylic acids is 1. The number of nitrogens with one attached hydrogen (secondary N) is 1. The van der Waals surface area contributed by atoms with E-state index in [0.29, 0.717) is 5.82 Å². The molecule has 0 aliphatic heterocycles. The summed E-state index contributed by atoms with van der Waals surface area (Å²) in [6.45, 7) is 1.37. The van der Waals surface area contributed by atoms with E-state index in [0.717, 1.165) is 25.7 Å². The number of hydrogen-bond acceptors (Lipinski definition) is 3. The summed E-state index contributed by atoms with van der Waals surface area (Å²) in [6, 6.07) is 1.55. The fraction of sp³-hybridized carbons (Fsp3) is 0.545. The molecule has 1 aromatic heterocycles. The number of rotatable bonds is 3. The quantitative estimate of drug-likeness (QED) is 0.837. The first-order valence-electron chi connectivity index (χ1n) is 5.68. The Balaban J connectivity index is 2.31. The van der Waals surface area contributed by atoms with E-state index in [4.69, 9.17) is 5.11 Å². The van der Waals surface area contributed by atoms with E-state index in [2.05, 4.69) is 10.4 Å². The van der Waals surface area contributed by atoms with Crippen LogP contribution < -0.4 is 5.32 Å². The van der Waals surface area contributed by atoms with E-state index in [1.54, 1.807) is 0 Å². The average molecular weight is 237 g/mol. The standard InChI is InChI=1S/C11H15N3O3/c1-7(15)12-10-6-9(11(16)17)14(13-10)8-4-2-3-5-8/h6,8H,2-5H2,1H3,(H,16,17)(H,12,13,15). The minimum absolute atomic E-state index is 0.139. The third kappa shape index (κ3) is 2.46. The van der Waals surface area contributed by atoms with E-state index >= 15 is 0 Å². The van der Waals surface area contributed by atoms with Crippen LogP contribution in [0, 0.1) is 0 Å². The van der Waals surface area contributed by atoms with E-state index < -0.39 is 5.97 Å². The fourth-order valence-corrected chi connectivity index (χ4v) is 2.22. The summed E-state index contributed by atoms with van der Waals surface area (Å²) < 4.78 is 1.53. The summed E-state index contributed by atoms with van der Waals surface area (Å²) in [7, 11) is 0. The highest BCUT2D eigenvalue weighted by atomic mass is 16.4. The summed E-state index contributed by atoms with van der Waals surface area (Å²) in [5.41, 5.74) is 0.139. The second kappa shape index (κ2) is 4.57. The van der Waals surface area contributed by atoms with Gasteiger partial charge in [0.2, 0.25) is 5.91 Å². The topological polar surface area (TPSA) is 84.2 Å². The van der Waals surface area contributed by atoms with Crippen LogP contribution in [0.25, 0.3) is 0 Å². The molecule has 6 nitrogen and oxygen atoms in total. The molecule has 2 N–H and O–H groups in total. The first kappa shape index (κ1) is 11.6. The zero-order chi connectivity index (χ0) is 12.4. The molecule has 0 atom stereocenters. The van der Waals surface area contributed by atoms with Gasteiger partial charge in [0.15, 0.2) is 5.82 Å². The van der Waals surface area contributed by atoms with Gasteiger partial charge in [-0.25, -0.2) is 4.79 Å². The Kier molecular flexibility index (Phi) is 3.12. The number of carbonyl (C=O) groups excluding carboxylic acids is 1. The maximum atomic E-state index is 11.1. The fourth-order valence-electron chi connectivity index (χ4n) is 2.22. The van der Waals surface area contributed by atoms with Crippen LogP contribution in [-0.2, 0) is 4.79 Å². The molecule has 2 rings (SSSR count).